The van der Waals surface area contributed by atoms with Gasteiger partial charge in [-0.3, -0.25) is 0 Å². The molecule has 676 valence electrons. The maximum Gasteiger partial charge on any atom is 0.0803 e. The van der Waals surface area contributed by atoms with Crippen LogP contribution in [0.1, 0.15) is 124 Å². The van der Waals surface area contributed by atoms with Crippen molar-refractivity contribution < 1.29 is 0 Å². The van der Waals surface area contributed by atoms with E-state index in [1.807, 2.05) is 0 Å². The first-order chi connectivity index (χ1) is 67.1. The molecule has 25 rings (SSSR count). The summed E-state index contributed by atoms with van der Waals surface area (Å²) in [7, 11) is -4.01. The van der Waals surface area contributed by atoms with Crippen LogP contribution in [0.4, 0.5) is 85.3 Å². The molecule has 12 bridgehead atoms. The van der Waals surface area contributed by atoms with Crippen LogP contribution in [0.3, 0.4) is 0 Å². The van der Waals surface area contributed by atoms with Crippen molar-refractivity contribution in [2.45, 2.75) is 142 Å². The topological polar surface area (TPSA) is 16.2 Å². The van der Waals surface area contributed by atoms with Crippen molar-refractivity contribution in [1.82, 2.24) is 0 Å². The summed E-state index contributed by atoms with van der Waals surface area (Å²) in [6.07, 6.45) is 1.62. The van der Waals surface area contributed by atoms with Crippen molar-refractivity contribution >= 4 is 176 Å². The zero-order valence-corrected chi connectivity index (χ0v) is 84.3. The highest BCUT2D eigenvalue weighted by atomic mass is 28.3. The van der Waals surface area contributed by atoms with E-state index in [1.54, 1.807) is 0 Å². The number of rotatable bonds is 12. The predicted octanol–water partition coefficient (Wildman–Crippen LogP) is 36.0. The van der Waals surface area contributed by atoms with Crippen LogP contribution in [0.2, 0.25) is 39.3 Å². The lowest BCUT2D eigenvalue weighted by Crippen LogP contribution is -2.40. The van der Waals surface area contributed by atoms with Gasteiger partial charge in [0, 0.05) is 101 Å². The van der Waals surface area contributed by atoms with Gasteiger partial charge in [0.25, 0.3) is 0 Å². The Balaban J connectivity index is 0.606. The molecule has 2 aliphatic carbocycles. The highest BCUT2D eigenvalue weighted by molar-refractivity contribution is 6.90. The molecule has 0 N–H and O–H groups in total. The lowest BCUT2D eigenvalue weighted by Gasteiger charge is -2.37. The van der Waals surface area contributed by atoms with Crippen molar-refractivity contribution in [3.8, 4) is 33.4 Å². The van der Waals surface area contributed by atoms with Crippen LogP contribution in [0.5, 0.6) is 0 Å². The van der Waals surface area contributed by atoms with Crippen molar-refractivity contribution in [2.24, 2.45) is 0 Å². The lowest BCUT2D eigenvalue weighted by molar-refractivity contribution is 0.523. The first-order valence-corrected chi connectivity index (χ1v) is 56.9. The highest BCUT2D eigenvalue weighted by Gasteiger charge is 2.44. The summed E-state index contributed by atoms with van der Waals surface area (Å²) in [5.41, 5.74) is 37.1. The summed E-state index contributed by atoms with van der Waals surface area (Å²) < 4.78 is 0. The lowest BCUT2D eigenvalue weighted by atomic mass is 9.73. The standard InChI is InChI=1S/C132H115N5Si2/c1-129(2,3)91-73-87-61-67-104-112-80-118(108-68-62-88(74-91)123(87)125(104)108)137(117-52-32-47-106-103-44-20-22-49-114(103)132(8,9)128(106)117)101-42-30-39-98(79-101)134(95-36-27-33-84(71-95)72-111(112)107-46-31-45-105-102-43-19-21-48-113(102)131(6,7)127(105)107)94-65-59-86(60-66-94)85-57-55-83(56-58-85)82-130(4,5)92-75-89-63-69-109-119-81-120(110-70-64-90(76-92)124(89)126(109)110)136(116-51-24-26-54-122(116)139(13,14)15)100-41-29-38-97(78-100)133(93-34-17-16-18-35-93)96-37-28-40-99(77-96)135(119)115-50-23-25-53-121(115)138(10,11)12/h16-71,73-81,111H,72,82H2,1-15H3. The summed E-state index contributed by atoms with van der Waals surface area (Å²) in [4.78, 5) is 12.9. The van der Waals surface area contributed by atoms with Crippen LogP contribution >= 0.6 is 0 Å². The second-order valence-electron chi connectivity index (χ2n) is 44.6. The average molecular weight is 1830 g/mol. The first kappa shape index (κ1) is 85.8. The molecule has 2 aliphatic heterocycles. The van der Waals surface area contributed by atoms with E-state index in [-0.39, 0.29) is 27.6 Å². The van der Waals surface area contributed by atoms with Crippen LogP contribution in [0, 0.1) is 0 Å². The fourth-order valence-electron chi connectivity index (χ4n) is 24.9. The molecule has 0 fully saturated rings. The Hall–Kier alpha value is -14.9. The average Bonchev–Trinajstić information content (AvgIpc) is 1.52. The fourth-order valence-corrected chi connectivity index (χ4v) is 28.1. The summed E-state index contributed by atoms with van der Waals surface area (Å²) in [6, 6.07) is 153. The molecule has 1 unspecified atom stereocenters. The largest absolute Gasteiger partial charge is 0.310 e. The Morgan fingerprint density at radius 2 is 0.647 bits per heavy atom. The van der Waals surface area contributed by atoms with Crippen LogP contribution in [-0.4, -0.2) is 16.1 Å². The smallest absolute Gasteiger partial charge is 0.0803 e. The van der Waals surface area contributed by atoms with E-state index in [4.69, 9.17) is 0 Å². The molecule has 0 aromatic heterocycles. The minimum absolute atomic E-state index is 0.0474. The number of para-hydroxylation sites is 3. The molecule has 0 amide bonds. The van der Waals surface area contributed by atoms with E-state index in [2.05, 4.69) is 520 Å². The van der Waals surface area contributed by atoms with Gasteiger partial charge in [-0.15, -0.1) is 0 Å². The molecule has 0 saturated heterocycles. The first-order valence-electron chi connectivity index (χ1n) is 49.9. The minimum atomic E-state index is -2.00. The van der Waals surface area contributed by atoms with Crippen molar-refractivity contribution in [1.29, 1.82) is 0 Å². The minimum Gasteiger partial charge on any atom is -0.310 e. The molecule has 21 aromatic rings. The van der Waals surface area contributed by atoms with Gasteiger partial charge in [-0.25, -0.2) is 0 Å². The Morgan fingerprint density at radius 1 is 0.273 bits per heavy atom. The van der Waals surface area contributed by atoms with Crippen LogP contribution in [0.15, 0.2) is 394 Å². The summed E-state index contributed by atoms with van der Waals surface area (Å²) in [6.45, 7) is 36.7. The molecule has 139 heavy (non-hydrogen) atoms. The number of anilines is 15. The maximum absolute atomic E-state index is 2.68. The van der Waals surface area contributed by atoms with Crippen LogP contribution in [-0.2, 0) is 34.5 Å². The third-order valence-corrected chi connectivity index (χ3v) is 35.6. The fraction of sp³-hybridized carbons (Fsp3) is 0.167. The molecule has 7 heteroatoms. The van der Waals surface area contributed by atoms with Crippen molar-refractivity contribution in [3.05, 3.63) is 450 Å². The quantitative estimate of drug-likeness (QED) is 0.0892. The second kappa shape index (κ2) is 31.6. The third-order valence-electron chi connectivity index (χ3n) is 31.6. The zero-order valence-electron chi connectivity index (χ0n) is 82.3. The molecule has 0 spiro atoms. The molecule has 0 radical (unpaired) electrons. The van der Waals surface area contributed by atoms with Gasteiger partial charge < -0.3 is 24.5 Å². The molecular weight excluding hydrogens is 1710 g/mol. The Labute approximate surface area is 820 Å². The van der Waals surface area contributed by atoms with Gasteiger partial charge in [-0.05, 0) is 287 Å². The van der Waals surface area contributed by atoms with E-state index in [9.17, 15) is 0 Å². The molecule has 4 aliphatic rings. The van der Waals surface area contributed by atoms with Gasteiger partial charge in [-0.2, -0.15) is 0 Å². The van der Waals surface area contributed by atoms with Gasteiger partial charge in [-0.1, -0.05) is 375 Å². The summed E-state index contributed by atoms with van der Waals surface area (Å²) in [5, 5.41) is 18.1. The van der Waals surface area contributed by atoms with Crippen molar-refractivity contribution in [3.63, 3.8) is 0 Å². The van der Waals surface area contributed by atoms with Gasteiger partial charge in [0.05, 0.1) is 38.9 Å². The normalized spacial score (nSPS) is 15.0. The molecule has 21 aromatic carbocycles. The Kier molecular flexibility index (Phi) is 19.5. The van der Waals surface area contributed by atoms with E-state index in [0.717, 1.165) is 75.4 Å². The van der Waals surface area contributed by atoms with Gasteiger partial charge in [0.1, 0.15) is 0 Å². The Morgan fingerprint density at radius 3 is 1.16 bits per heavy atom. The number of hydrogen-bond acceptors (Lipinski definition) is 5. The number of hydrogen-bond donors (Lipinski definition) is 0. The van der Waals surface area contributed by atoms with Crippen LogP contribution < -0.4 is 34.9 Å². The van der Waals surface area contributed by atoms with E-state index < -0.39 is 16.1 Å². The zero-order chi connectivity index (χ0) is 94.8. The molecule has 0 saturated carbocycles. The molecular formula is C132H115N5Si2. The second-order valence-corrected chi connectivity index (χ2v) is 54.7. The van der Waals surface area contributed by atoms with Gasteiger partial charge >= 0.3 is 0 Å². The third kappa shape index (κ3) is 13.8. The van der Waals surface area contributed by atoms with Crippen LogP contribution in [0.25, 0.3) is 98.0 Å². The maximum atomic E-state index is 2.68. The highest BCUT2D eigenvalue weighted by Crippen LogP contribution is 2.61. The molecule has 5 nitrogen and oxygen atoms in total. The van der Waals surface area contributed by atoms with E-state index in [1.165, 1.54) is 187 Å². The number of fused-ring (bicyclic) bond motifs is 22. The van der Waals surface area contributed by atoms with Gasteiger partial charge in [0.2, 0.25) is 0 Å². The summed E-state index contributed by atoms with van der Waals surface area (Å²) >= 11 is 0. The molecule has 2 heterocycles. The SMILES string of the molecule is CC(C)(C)c1cc2ccc3c4cc(c5ccc(c1)c2c35)N(c1cccc2c1C(C)(C)c1ccccc1-2)c1cccc(c1)N(c1ccc(-c2ccc(CC(C)(C)c3cc5ccc6c7cc(c8ccc(c3)c5c68)N(c3ccccc3[Si](C)(C)C)c3cccc(c3)N(c3ccccc3)c3cccc(c3)N7c3ccccc3[Si](C)(C)C)cc2)cc1)c1cccc(c1)CC4c1cccc2c1C(C)(C)c1ccccc1-2. The van der Waals surface area contributed by atoms with Gasteiger partial charge in [0.15, 0.2) is 0 Å². The molecule has 1 atom stereocenters. The van der Waals surface area contributed by atoms with E-state index in [0.29, 0.717) is 0 Å². The number of benzene rings is 21. The van der Waals surface area contributed by atoms with Crippen molar-refractivity contribution in [2.75, 3.05) is 24.5 Å². The van der Waals surface area contributed by atoms with E-state index >= 15 is 0 Å². The monoisotopic (exact) mass is 1830 g/mol. The number of nitrogens with zero attached hydrogens (tertiary/aromatic N) is 5. The Bertz CT molecular complexity index is 8380. The summed E-state index contributed by atoms with van der Waals surface area (Å²) in [5.74, 6) is -0.0758. The predicted molar refractivity (Wildman–Crippen MR) is 601 cm³/mol.